The molecule has 0 radical (unpaired) electrons. The predicted molar refractivity (Wildman–Crippen MR) is 77.0 cm³/mol. The molecule has 0 aliphatic heterocycles. The van der Waals surface area contributed by atoms with Crippen molar-refractivity contribution in [1.29, 1.82) is 0 Å². The molecule has 2 nitrogen and oxygen atoms in total. The van der Waals surface area contributed by atoms with Crippen LogP contribution in [0.2, 0.25) is 0 Å². The van der Waals surface area contributed by atoms with Gasteiger partial charge in [-0.2, -0.15) is 0 Å². The second kappa shape index (κ2) is 7.32. The second-order valence-electron chi connectivity index (χ2n) is 5.63. The highest BCUT2D eigenvalue weighted by molar-refractivity contribution is 5.70. The van der Waals surface area contributed by atoms with Crippen LogP contribution >= 0.6 is 0 Å². The third-order valence-electron chi connectivity index (χ3n) is 4.25. The lowest BCUT2D eigenvalue weighted by Gasteiger charge is -2.26. The largest absolute Gasteiger partial charge is 0.469 e. The van der Waals surface area contributed by atoms with Gasteiger partial charge in [0.2, 0.25) is 0 Å². The monoisotopic (exact) mass is 260 g/mol. The van der Waals surface area contributed by atoms with Gasteiger partial charge in [0.05, 0.1) is 13.5 Å². The molecule has 1 unspecified atom stereocenters. The zero-order valence-corrected chi connectivity index (χ0v) is 11.8. The van der Waals surface area contributed by atoms with E-state index in [1.807, 2.05) is 6.07 Å². The third kappa shape index (κ3) is 4.38. The lowest BCUT2D eigenvalue weighted by molar-refractivity contribution is -0.141. The normalized spacial score (nSPS) is 17.9. The molecule has 1 aromatic carbocycles. The first-order valence-electron chi connectivity index (χ1n) is 7.41. The lowest BCUT2D eigenvalue weighted by Crippen LogP contribution is -2.15. The molecule has 0 spiro atoms. The van der Waals surface area contributed by atoms with Gasteiger partial charge in [-0.1, -0.05) is 62.4 Å². The Hall–Kier alpha value is -1.31. The zero-order chi connectivity index (χ0) is 13.5. The van der Waals surface area contributed by atoms with Crippen molar-refractivity contribution in [3.8, 4) is 0 Å². The Morgan fingerprint density at radius 2 is 1.89 bits per heavy atom. The molecule has 1 fully saturated rings. The molecule has 0 N–H and O–H groups in total. The third-order valence-corrected chi connectivity index (χ3v) is 4.25. The van der Waals surface area contributed by atoms with Crippen molar-refractivity contribution in [3.63, 3.8) is 0 Å². The second-order valence-corrected chi connectivity index (χ2v) is 5.63. The van der Waals surface area contributed by atoms with Crippen molar-refractivity contribution in [3.05, 3.63) is 35.9 Å². The van der Waals surface area contributed by atoms with E-state index in [1.54, 1.807) is 0 Å². The average molecular weight is 260 g/mol. The number of esters is 1. The molecule has 104 valence electrons. The summed E-state index contributed by atoms with van der Waals surface area (Å²) in [6.45, 7) is 0. The van der Waals surface area contributed by atoms with Gasteiger partial charge in [0.25, 0.3) is 0 Å². The van der Waals surface area contributed by atoms with Gasteiger partial charge in [-0.15, -0.1) is 0 Å². The molecule has 2 heteroatoms. The van der Waals surface area contributed by atoms with E-state index in [4.69, 9.17) is 4.74 Å². The van der Waals surface area contributed by atoms with Crippen LogP contribution in [0.4, 0.5) is 0 Å². The standard InChI is InChI=1S/C17H24O2/c1-19-17(18)13-16(15-10-6-3-7-11-15)12-14-8-4-2-5-9-14/h3,6-7,10-11,14,16H,2,4-5,8-9,12-13H2,1H3. The first-order valence-corrected chi connectivity index (χ1v) is 7.41. The van der Waals surface area contributed by atoms with Gasteiger partial charge in [-0.05, 0) is 23.8 Å². The fourth-order valence-corrected chi connectivity index (χ4v) is 3.17. The number of benzene rings is 1. The molecule has 0 heterocycles. The highest BCUT2D eigenvalue weighted by Gasteiger charge is 2.22. The molecule has 1 aromatic rings. The minimum atomic E-state index is -0.0929. The van der Waals surface area contributed by atoms with E-state index < -0.39 is 0 Å². The van der Waals surface area contributed by atoms with Crippen LogP contribution in [0.15, 0.2) is 30.3 Å². The molecular weight excluding hydrogens is 236 g/mol. The SMILES string of the molecule is COC(=O)CC(CC1CCCCC1)c1ccccc1. The van der Waals surface area contributed by atoms with Crippen molar-refractivity contribution in [2.24, 2.45) is 5.92 Å². The van der Waals surface area contributed by atoms with Crippen molar-refractivity contribution in [2.45, 2.75) is 50.9 Å². The Morgan fingerprint density at radius 3 is 2.53 bits per heavy atom. The molecule has 1 aliphatic carbocycles. The van der Waals surface area contributed by atoms with Gasteiger partial charge in [-0.3, -0.25) is 4.79 Å². The molecule has 19 heavy (non-hydrogen) atoms. The maximum atomic E-state index is 11.6. The number of ether oxygens (including phenoxy) is 1. The van der Waals surface area contributed by atoms with Crippen LogP contribution < -0.4 is 0 Å². The number of carbonyl (C=O) groups is 1. The Morgan fingerprint density at radius 1 is 1.21 bits per heavy atom. The maximum Gasteiger partial charge on any atom is 0.306 e. The molecule has 1 aliphatic rings. The molecule has 2 rings (SSSR count). The molecule has 0 amide bonds. The summed E-state index contributed by atoms with van der Waals surface area (Å²) < 4.78 is 4.85. The van der Waals surface area contributed by atoms with Crippen LogP contribution in [0.5, 0.6) is 0 Å². The van der Waals surface area contributed by atoms with Crippen LogP contribution in [-0.2, 0) is 9.53 Å². The maximum absolute atomic E-state index is 11.6. The summed E-state index contributed by atoms with van der Waals surface area (Å²) in [6.07, 6.45) is 8.36. The van der Waals surface area contributed by atoms with E-state index in [1.165, 1.54) is 44.8 Å². The number of rotatable bonds is 5. The van der Waals surface area contributed by atoms with Crippen LogP contribution in [-0.4, -0.2) is 13.1 Å². The molecule has 1 atom stereocenters. The Bertz CT molecular complexity index is 380. The van der Waals surface area contributed by atoms with Gasteiger partial charge in [0, 0.05) is 0 Å². The van der Waals surface area contributed by atoms with E-state index in [-0.39, 0.29) is 5.97 Å². The molecule has 0 bridgehead atoms. The summed E-state index contributed by atoms with van der Waals surface area (Å²) in [5.41, 5.74) is 1.28. The molecule has 1 saturated carbocycles. The fraction of sp³-hybridized carbons (Fsp3) is 0.588. The van der Waals surface area contributed by atoms with Gasteiger partial charge < -0.3 is 4.74 Å². The Kier molecular flexibility index (Phi) is 5.44. The summed E-state index contributed by atoms with van der Waals surface area (Å²) >= 11 is 0. The summed E-state index contributed by atoms with van der Waals surface area (Å²) in [4.78, 5) is 11.6. The number of hydrogen-bond acceptors (Lipinski definition) is 2. The highest BCUT2D eigenvalue weighted by atomic mass is 16.5. The Labute approximate surface area is 116 Å². The van der Waals surface area contributed by atoms with E-state index in [0.29, 0.717) is 12.3 Å². The smallest absolute Gasteiger partial charge is 0.306 e. The lowest BCUT2D eigenvalue weighted by atomic mass is 9.79. The number of hydrogen-bond donors (Lipinski definition) is 0. The van der Waals surface area contributed by atoms with Crippen molar-refractivity contribution in [2.75, 3.05) is 7.11 Å². The first kappa shape index (κ1) is 14.1. The van der Waals surface area contributed by atoms with Crippen LogP contribution in [0.25, 0.3) is 0 Å². The summed E-state index contributed by atoms with van der Waals surface area (Å²) in [5.74, 6) is 1.00. The van der Waals surface area contributed by atoms with E-state index in [9.17, 15) is 4.79 Å². The van der Waals surface area contributed by atoms with Crippen LogP contribution in [0.1, 0.15) is 56.4 Å². The van der Waals surface area contributed by atoms with Gasteiger partial charge in [-0.25, -0.2) is 0 Å². The van der Waals surface area contributed by atoms with Crippen LogP contribution in [0.3, 0.4) is 0 Å². The molecule has 0 aromatic heterocycles. The quantitative estimate of drug-likeness (QED) is 0.738. The number of methoxy groups -OCH3 is 1. The highest BCUT2D eigenvalue weighted by Crippen LogP contribution is 2.34. The van der Waals surface area contributed by atoms with Crippen molar-refractivity contribution < 1.29 is 9.53 Å². The summed E-state index contributed by atoms with van der Waals surface area (Å²) in [6, 6.07) is 10.4. The first-order chi connectivity index (χ1) is 9.29. The topological polar surface area (TPSA) is 26.3 Å². The zero-order valence-electron chi connectivity index (χ0n) is 11.8. The van der Waals surface area contributed by atoms with Gasteiger partial charge >= 0.3 is 5.97 Å². The van der Waals surface area contributed by atoms with Crippen LogP contribution in [0, 0.1) is 5.92 Å². The predicted octanol–water partition coefficient (Wildman–Crippen LogP) is 4.30. The minimum absolute atomic E-state index is 0.0929. The summed E-state index contributed by atoms with van der Waals surface area (Å²) in [7, 11) is 1.48. The van der Waals surface area contributed by atoms with Gasteiger partial charge in [0.15, 0.2) is 0 Å². The molecule has 0 saturated heterocycles. The number of carbonyl (C=O) groups excluding carboxylic acids is 1. The van der Waals surface area contributed by atoms with Crippen molar-refractivity contribution in [1.82, 2.24) is 0 Å². The summed E-state index contributed by atoms with van der Waals surface area (Å²) in [5, 5.41) is 0. The van der Waals surface area contributed by atoms with Gasteiger partial charge in [0.1, 0.15) is 0 Å². The van der Waals surface area contributed by atoms with E-state index >= 15 is 0 Å². The average Bonchev–Trinajstić information content (AvgIpc) is 2.48. The van der Waals surface area contributed by atoms with Crippen molar-refractivity contribution >= 4 is 5.97 Å². The minimum Gasteiger partial charge on any atom is -0.469 e. The van der Waals surface area contributed by atoms with E-state index in [2.05, 4.69) is 24.3 Å². The van der Waals surface area contributed by atoms with E-state index in [0.717, 1.165) is 12.3 Å². The Balaban J connectivity index is 2.03. The fourth-order valence-electron chi connectivity index (χ4n) is 3.17. The molecular formula is C17H24O2.